The van der Waals surface area contributed by atoms with Gasteiger partial charge in [-0.25, -0.2) is 0 Å². The standard InChI is InChI=1S/C68H121NO10/c1-4-7-10-13-16-19-22-24-25-26-27-28-29-30-31-32-33-34-35-36-38-40-43-46-49-52-55-61(72)67(76)69-59(60(71)54-51-48-45-42-39-21-18-15-12-9-6-3)58-77-68-66(65(75)64(74)62(57-70)78-68)79-63(73)56-53-50-47-44-41-37-23-20-17-14-11-8-5-2/h7,10,16,19,24-25,27-28,30-31,51,54,59-62,64-66,68,70-72,74-75H,4-6,8-9,11-15,17-18,20-23,26,29,32-50,52-53,55-58H2,1-3H3,(H,69,76)/b10-7-,19-16-,25-24-,28-27-,31-30-,54-51+. The zero-order valence-electron chi connectivity index (χ0n) is 50.7. The summed E-state index contributed by atoms with van der Waals surface area (Å²) < 4.78 is 17.6. The molecule has 11 nitrogen and oxygen atoms in total. The van der Waals surface area contributed by atoms with E-state index in [9.17, 15) is 35.1 Å². The minimum Gasteiger partial charge on any atom is -0.454 e. The van der Waals surface area contributed by atoms with Crippen molar-refractivity contribution < 1.29 is 49.3 Å². The normalized spacial score (nSPS) is 19.3. The second-order valence-corrected chi connectivity index (χ2v) is 22.5. The number of aliphatic hydroxyl groups is 5. The fraction of sp³-hybridized carbons (Fsp3) is 0.794. The van der Waals surface area contributed by atoms with Crippen molar-refractivity contribution in [1.82, 2.24) is 5.32 Å². The molecule has 0 aromatic heterocycles. The van der Waals surface area contributed by atoms with Gasteiger partial charge in [0.1, 0.15) is 24.4 Å². The monoisotopic (exact) mass is 1110 g/mol. The van der Waals surface area contributed by atoms with Crippen LogP contribution >= 0.6 is 0 Å². The van der Waals surface area contributed by atoms with Gasteiger partial charge in [-0.2, -0.15) is 0 Å². The maximum absolute atomic E-state index is 13.4. The summed E-state index contributed by atoms with van der Waals surface area (Å²) in [5.41, 5.74) is 0. The number of esters is 1. The summed E-state index contributed by atoms with van der Waals surface area (Å²) in [6, 6.07) is -1.03. The van der Waals surface area contributed by atoms with Gasteiger partial charge in [0.05, 0.1) is 25.4 Å². The number of hydrogen-bond acceptors (Lipinski definition) is 10. The molecule has 1 aliphatic heterocycles. The third-order valence-electron chi connectivity index (χ3n) is 15.1. The lowest BCUT2D eigenvalue weighted by Crippen LogP contribution is -2.61. The first-order valence-electron chi connectivity index (χ1n) is 32.7. The minimum atomic E-state index is -1.61. The van der Waals surface area contributed by atoms with E-state index in [1.54, 1.807) is 6.08 Å². The van der Waals surface area contributed by atoms with Crippen molar-refractivity contribution in [3.05, 3.63) is 72.9 Å². The van der Waals surface area contributed by atoms with Crippen LogP contribution in [-0.4, -0.2) is 99.6 Å². The molecule has 1 saturated heterocycles. The molecule has 1 fully saturated rings. The molecule has 0 radical (unpaired) electrons. The first-order chi connectivity index (χ1) is 38.7. The zero-order valence-corrected chi connectivity index (χ0v) is 50.7. The van der Waals surface area contributed by atoms with Gasteiger partial charge in [-0.05, 0) is 70.6 Å². The maximum Gasteiger partial charge on any atom is 0.306 e. The Morgan fingerprint density at radius 1 is 0.506 bits per heavy atom. The lowest BCUT2D eigenvalue weighted by molar-refractivity contribution is -0.305. The van der Waals surface area contributed by atoms with E-state index in [-0.39, 0.29) is 19.4 Å². The summed E-state index contributed by atoms with van der Waals surface area (Å²) in [6.07, 6.45) is 60.9. The molecule has 0 aromatic carbocycles. The molecule has 0 saturated carbocycles. The molecular formula is C68H121NO10. The van der Waals surface area contributed by atoms with Gasteiger partial charge in [0, 0.05) is 6.42 Å². The largest absolute Gasteiger partial charge is 0.454 e. The van der Waals surface area contributed by atoms with Gasteiger partial charge in [-0.1, -0.05) is 280 Å². The molecule has 11 heteroatoms. The average molecular weight is 1110 g/mol. The number of rotatable bonds is 55. The molecule has 0 aromatic rings. The maximum atomic E-state index is 13.4. The fourth-order valence-electron chi connectivity index (χ4n) is 9.97. The molecule has 0 bridgehead atoms. The lowest BCUT2D eigenvalue weighted by atomic mass is 9.99. The van der Waals surface area contributed by atoms with Crippen LogP contribution in [0.4, 0.5) is 0 Å². The minimum absolute atomic E-state index is 0.125. The Kier molecular flexibility index (Phi) is 52.2. The van der Waals surface area contributed by atoms with E-state index < -0.39 is 67.4 Å². The molecule has 0 aliphatic carbocycles. The van der Waals surface area contributed by atoms with E-state index in [0.717, 1.165) is 96.3 Å². The van der Waals surface area contributed by atoms with Crippen LogP contribution in [0.2, 0.25) is 0 Å². The average Bonchev–Trinajstić information content (AvgIpc) is 3.44. The van der Waals surface area contributed by atoms with Crippen molar-refractivity contribution in [1.29, 1.82) is 0 Å². The van der Waals surface area contributed by atoms with Gasteiger partial charge in [0.25, 0.3) is 0 Å². The Labute approximate surface area is 483 Å². The smallest absolute Gasteiger partial charge is 0.306 e. The highest BCUT2D eigenvalue weighted by Gasteiger charge is 2.47. The highest BCUT2D eigenvalue weighted by molar-refractivity contribution is 5.80. The van der Waals surface area contributed by atoms with Crippen molar-refractivity contribution >= 4 is 11.9 Å². The molecule has 1 aliphatic rings. The van der Waals surface area contributed by atoms with Crippen LogP contribution in [0.25, 0.3) is 0 Å². The van der Waals surface area contributed by atoms with Gasteiger partial charge in [0.15, 0.2) is 12.4 Å². The summed E-state index contributed by atoms with van der Waals surface area (Å²) in [6.45, 7) is 5.67. The first kappa shape index (κ1) is 74.1. The highest BCUT2D eigenvalue weighted by Crippen LogP contribution is 2.26. The van der Waals surface area contributed by atoms with Crippen LogP contribution in [-0.2, 0) is 23.8 Å². The molecule has 1 rings (SSSR count). The zero-order chi connectivity index (χ0) is 57.5. The number of ether oxygens (including phenoxy) is 3. The molecule has 458 valence electrons. The second-order valence-electron chi connectivity index (χ2n) is 22.5. The van der Waals surface area contributed by atoms with Crippen LogP contribution in [0, 0.1) is 0 Å². The topological polar surface area (TPSA) is 175 Å². The van der Waals surface area contributed by atoms with Crippen LogP contribution in [0.15, 0.2) is 72.9 Å². The Balaban J connectivity index is 2.58. The summed E-state index contributed by atoms with van der Waals surface area (Å²) in [4.78, 5) is 26.5. The van der Waals surface area contributed by atoms with Gasteiger partial charge >= 0.3 is 5.97 Å². The van der Waals surface area contributed by atoms with Gasteiger partial charge in [0.2, 0.25) is 5.91 Å². The predicted octanol–water partition coefficient (Wildman–Crippen LogP) is 16.0. The number of unbranched alkanes of at least 4 members (excludes halogenated alkanes) is 31. The first-order valence-corrected chi connectivity index (χ1v) is 32.7. The van der Waals surface area contributed by atoms with Crippen LogP contribution in [0.3, 0.4) is 0 Å². The van der Waals surface area contributed by atoms with E-state index in [1.807, 2.05) is 6.08 Å². The number of amides is 1. The van der Waals surface area contributed by atoms with Gasteiger partial charge in [-0.15, -0.1) is 0 Å². The van der Waals surface area contributed by atoms with Crippen LogP contribution in [0.5, 0.6) is 0 Å². The van der Waals surface area contributed by atoms with E-state index in [1.165, 1.54) is 141 Å². The Hall–Kier alpha value is -2.90. The van der Waals surface area contributed by atoms with Crippen LogP contribution < -0.4 is 5.32 Å². The molecule has 8 atom stereocenters. The second kappa shape index (κ2) is 55.6. The number of hydrogen-bond donors (Lipinski definition) is 6. The summed E-state index contributed by atoms with van der Waals surface area (Å²) in [5, 5.41) is 57.0. The van der Waals surface area contributed by atoms with Crippen molar-refractivity contribution in [3.63, 3.8) is 0 Å². The summed E-state index contributed by atoms with van der Waals surface area (Å²) >= 11 is 0. The number of aliphatic hydroxyl groups excluding tert-OH is 5. The number of nitrogens with one attached hydrogen (secondary N) is 1. The highest BCUT2D eigenvalue weighted by atomic mass is 16.7. The number of allylic oxidation sites excluding steroid dienone is 11. The third kappa shape index (κ3) is 43.5. The van der Waals surface area contributed by atoms with Crippen molar-refractivity contribution in [2.75, 3.05) is 13.2 Å². The van der Waals surface area contributed by atoms with Crippen molar-refractivity contribution in [3.8, 4) is 0 Å². The van der Waals surface area contributed by atoms with E-state index in [4.69, 9.17) is 14.2 Å². The molecule has 8 unspecified atom stereocenters. The molecule has 0 spiro atoms. The van der Waals surface area contributed by atoms with Crippen molar-refractivity contribution in [2.24, 2.45) is 0 Å². The van der Waals surface area contributed by atoms with Crippen molar-refractivity contribution in [2.45, 2.75) is 333 Å². The van der Waals surface area contributed by atoms with E-state index in [2.05, 4.69) is 86.8 Å². The molecule has 1 amide bonds. The van der Waals surface area contributed by atoms with Crippen LogP contribution in [0.1, 0.15) is 284 Å². The molecule has 79 heavy (non-hydrogen) atoms. The van der Waals surface area contributed by atoms with Gasteiger partial charge in [-0.3, -0.25) is 9.59 Å². The molecule has 1 heterocycles. The van der Waals surface area contributed by atoms with Gasteiger partial charge < -0.3 is 45.1 Å². The number of carbonyl (C=O) groups excluding carboxylic acids is 2. The van der Waals surface area contributed by atoms with E-state index in [0.29, 0.717) is 12.8 Å². The fourth-order valence-corrected chi connectivity index (χ4v) is 9.97. The summed E-state index contributed by atoms with van der Waals surface area (Å²) in [5.74, 6) is -1.19. The quantitative estimate of drug-likeness (QED) is 0.0195. The van der Waals surface area contributed by atoms with E-state index >= 15 is 0 Å². The Morgan fingerprint density at radius 2 is 0.911 bits per heavy atom. The number of carbonyl (C=O) groups is 2. The Bertz CT molecular complexity index is 1560. The summed E-state index contributed by atoms with van der Waals surface area (Å²) in [7, 11) is 0. The molecular weight excluding hydrogens is 991 g/mol. The third-order valence-corrected chi connectivity index (χ3v) is 15.1. The SMILES string of the molecule is CC/C=C\C/C=C\C/C=C\C/C=C\C/C=C\CCCCCCCCCCCCC(O)C(=O)NC(COC1OC(CO)C(O)C(O)C1OC(=O)CCCCCCCCCCCCCCC)C(O)/C=C/CCCCCCCCCCC. The molecule has 6 N–H and O–H groups in total. The predicted molar refractivity (Wildman–Crippen MR) is 329 cm³/mol. The Morgan fingerprint density at radius 3 is 1.37 bits per heavy atom. The lowest BCUT2D eigenvalue weighted by Gasteiger charge is -2.41.